The van der Waals surface area contributed by atoms with Crippen LogP contribution in [0.2, 0.25) is 0 Å². The maximum absolute atomic E-state index is 11.0. The van der Waals surface area contributed by atoms with Gasteiger partial charge in [0.2, 0.25) is 0 Å². The number of hydrogen-bond acceptors (Lipinski definition) is 2. The zero-order valence-electron chi connectivity index (χ0n) is 5.80. The zero-order chi connectivity index (χ0) is 7.14. The number of fused-ring (bicyclic) bond motifs is 2. The molecule has 2 bridgehead atoms. The summed E-state index contributed by atoms with van der Waals surface area (Å²) >= 11 is 0. The SMILES string of the molecule is O=C1CC[C@@H]2CC(=O)[C@H]1C2. The van der Waals surface area contributed by atoms with Gasteiger partial charge in [-0.25, -0.2) is 0 Å². The van der Waals surface area contributed by atoms with Crippen LogP contribution in [-0.2, 0) is 9.59 Å². The summed E-state index contributed by atoms with van der Waals surface area (Å²) in [6.45, 7) is 0. The molecule has 0 heterocycles. The molecule has 0 spiro atoms. The molecule has 2 saturated carbocycles. The van der Waals surface area contributed by atoms with Crippen molar-refractivity contribution in [2.45, 2.75) is 25.7 Å². The molecule has 0 aromatic rings. The van der Waals surface area contributed by atoms with Gasteiger partial charge in [0.15, 0.2) is 0 Å². The van der Waals surface area contributed by atoms with Gasteiger partial charge in [-0.15, -0.1) is 0 Å². The first-order valence-corrected chi connectivity index (χ1v) is 3.83. The maximum atomic E-state index is 11.0. The topological polar surface area (TPSA) is 34.1 Å². The molecule has 0 aromatic heterocycles. The first kappa shape index (κ1) is 6.08. The molecule has 2 aliphatic carbocycles. The number of rotatable bonds is 0. The third kappa shape index (κ3) is 0.713. The van der Waals surface area contributed by atoms with Crippen LogP contribution >= 0.6 is 0 Å². The van der Waals surface area contributed by atoms with Crippen LogP contribution < -0.4 is 0 Å². The molecule has 2 fully saturated rings. The van der Waals surface area contributed by atoms with Crippen LogP contribution in [-0.4, -0.2) is 11.6 Å². The molecule has 0 amide bonds. The largest absolute Gasteiger partial charge is 0.299 e. The molecule has 0 saturated heterocycles. The van der Waals surface area contributed by atoms with Gasteiger partial charge in [-0.3, -0.25) is 9.59 Å². The van der Waals surface area contributed by atoms with Crippen LogP contribution in [0.4, 0.5) is 0 Å². The minimum Gasteiger partial charge on any atom is -0.299 e. The van der Waals surface area contributed by atoms with Crippen LogP contribution in [0.25, 0.3) is 0 Å². The van der Waals surface area contributed by atoms with E-state index >= 15 is 0 Å². The molecule has 2 aliphatic rings. The minimum absolute atomic E-state index is 0.182. The van der Waals surface area contributed by atoms with Crippen molar-refractivity contribution in [2.75, 3.05) is 0 Å². The van der Waals surface area contributed by atoms with Crippen molar-refractivity contribution < 1.29 is 9.59 Å². The molecular weight excluding hydrogens is 128 g/mol. The number of ketones is 2. The summed E-state index contributed by atoms with van der Waals surface area (Å²) in [5, 5.41) is 0. The van der Waals surface area contributed by atoms with Gasteiger partial charge in [0, 0.05) is 12.8 Å². The van der Waals surface area contributed by atoms with E-state index in [-0.39, 0.29) is 17.5 Å². The first-order chi connectivity index (χ1) is 4.77. The fourth-order valence-corrected chi connectivity index (χ4v) is 2.03. The molecule has 2 atom stereocenters. The quantitative estimate of drug-likeness (QED) is 0.467. The molecule has 0 unspecified atom stereocenters. The highest BCUT2D eigenvalue weighted by Crippen LogP contribution is 2.37. The predicted octanol–water partition coefficient (Wildman–Crippen LogP) is 0.945. The molecule has 0 radical (unpaired) electrons. The molecular formula is C8H10O2. The van der Waals surface area contributed by atoms with E-state index in [1.165, 1.54) is 0 Å². The molecule has 54 valence electrons. The lowest BCUT2D eigenvalue weighted by molar-refractivity contribution is -0.131. The summed E-state index contributed by atoms with van der Waals surface area (Å²) in [5.74, 6) is 0.764. The van der Waals surface area contributed by atoms with Crippen LogP contribution in [0.5, 0.6) is 0 Å². The monoisotopic (exact) mass is 138 g/mol. The van der Waals surface area contributed by atoms with E-state index in [1.807, 2.05) is 0 Å². The van der Waals surface area contributed by atoms with Gasteiger partial charge in [0.05, 0.1) is 5.92 Å². The third-order valence-electron chi connectivity index (χ3n) is 2.64. The van der Waals surface area contributed by atoms with Gasteiger partial charge in [-0.05, 0) is 18.8 Å². The van der Waals surface area contributed by atoms with E-state index in [0.717, 1.165) is 12.8 Å². The molecule has 2 heteroatoms. The van der Waals surface area contributed by atoms with Gasteiger partial charge in [0.1, 0.15) is 11.6 Å². The van der Waals surface area contributed by atoms with Crippen molar-refractivity contribution in [1.82, 2.24) is 0 Å². The van der Waals surface area contributed by atoms with Crippen LogP contribution in [0.15, 0.2) is 0 Å². The van der Waals surface area contributed by atoms with E-state index in [1.54, 1.807) is 0 Å². The molecule has 0 N–H and O–H groups in total. The van der Waals surface area contributed by atoms with Crippen molar-refractivity contribution in [3.8, 4) is 0 Å². The Morgan fingerprint density at radius 2 is 2.00 bits per heavy atom. The highest BCUT2D eigenvalue weighted by molar-refractivity contribution is 6.04. The smallest absolute Gasteiger partial charge is 0.143 e. The average molecular weight is 138 g/mol. The Morgan fingerprint density at radius 1 is 1.20 bits per heavy atom. The average Bonchev–Trinajstić information content (AvgIpc) is 2.21. The molecule has 10 heavy (non-hydrogen) atoms. The fourth-order valence-electron chi connectivity index (χ4n) is 2.03. The minimum atomic E-state index is -0.182. The van der Waals surface area contributed by atoms with Crippen molar-refractivity contribution in [3.05, 3.63) is 0 Å². The number of hydrogen-bond donors (Lipinski definition) is 0. The van der Waals surface area contributed by atoms with E-state index < -0.39 is 0 Å². The molecule has 2 rings (SSSR count). The Bertz CT molecular complexity index is 187. The van der Waals surface area contributed by atoms with Crippen molar-refractivity contribution in [2.24, 2.45) is 11.8 Å². The van der Waals surface area contributed by atoms with Gasteiger partial charge in [-0.1, -0.05) is 0 Å². The van der Waals surface area contributed by atoms with Crippen molar-refractivity contribution >= 4 is 11.6 Å². The second-order valence-electron chi connectivity index (χ2n) is 3.33. The summed E-state index contributed by atoms with van der Waals surface area (Å²) in [6.07, 6.45) is 3.15. The Hall–Kier alpha value is -0.660. The molecule has 2 nitrogen and oxygen atoms in total. The lowest BCUT2D eigenvalue weighted by Crippen LogP contribution is -2.20. The Morgan fingerprint density at radius 3 is 2.70 bits per heavy atom. The van der Waals surface area contributed by atoms with Crippen LogP contribution in [0, 0.1) is 11.8 Å². The predicted molar refractivity (Wildman–Crippen MR) is 35.5 cm³/mol. The van der Waals surface area contributed by atoms with Crippen LogP contribution in [0.1, 0.15) is 25.7 Å². The molecule has 0 aromatic carbocycles. The highest BCUT2D eigenvalue weighted by atomic mass is 16.2. The standard InChI is InChI=1S/C8H10O2/c9-7-2-1-5-3-6(7)8(10)4-5/h5-6H,1-4H2/t5-,6-/m0/s1. The Kier molecular flexibility index (Phi) is 1.16. The van der Waals surface area contributed by atoms with Crippen molar-refractivity contribution in [3.63, 3.8) is 0 Å². The number of carbonyl (C=O) groups is 2. The first-order valence-electron chi connectivity index (χ1n) is 3.83. The van der Waals surface area contributed by atoms with Crippen LogP contribution in [0.3, 0.4) is 0 Å². The normalized spacial score (nSPS) is 38.8. The van der Waals surface area contributed by atoms with Gasteiger partial charge >= 0.3 is 0 Å². The number of carbonyl (C=O) groups excluding carboxylic acids is 2. The summed E-state index contributed by atoms with van der Waals surface area (Å²) in [7, 11) is 0. The Balaban J connectivity index is 2.25. The van der Waals surface area contributed by atoms with E-state index in [9.17, 15) is 9.59 Å². The highest BCUT2D eigenvalue weighted by Gasteiger charge is 2.40. The van der Waals surface area contributed by atoms with Gasteiger partial charge < -0.3 is 0 Å². The zero-order valence-corrected chi connectivity index (χ0v) is 5.80. The lowest BCUT2D eigenvalue weighted by Gasteiger charge is -2.14. The summed E-state index contributed by atoms with van der Waals surface area (Å²) in [6, 6.07) is 0. The van der Waals surface area contributed by atoms with E-state index in [4.69, 9.17) is 0 Å². The summed E-state index contributed by atoms with van der Waals surface area (Å²) in [5.41, 5.74) is 0. The van der Waals surface area contributed by atoms with E-state index in [0.29, 0.717) is 18.8 Å². The Labute approximate surface area is 59.6 Å². The molecule has 0 aliphatic heterocycles. The van der Waals surface area contributed by atoms with Gasteiger partial charge in [0.25, 0.3) is 0 Å². The lowest BCUT2D eigenvalue weighted by atomic mass is 9.88. The second kappa shape index (κ2) is 1.91. The van der Waals surface area contributed by atoms with E-state index in [2.05, 4.69) is 0 Å². The number of Topliss-reactive ketones (excluding diaryl/α,β-unsaturated/α-hetero) is 2. The summed E-state index contributed by atoms with van der Waals surface area (Å²) < 4.78 is 0. The van der Waals surface area contributed by atoms with Crippen molar-refractivity contribution in [1.29, 1.82) is 0 Å². The maximum Gasteiger partial charge on any atom is 0.143 e. The summed E-state index contributed by atoms with van der Waals surface area (Å²) in [4.78, 5) is 22.1. The third-order valence-corrected chi connectivity index (χ3v) is 2.64. The fraction of sp³-hybridized carbons (Fsp3) is 0.750. The van der Waals surface area contributed by atoms with Gasteiger partial charge in [-0.2, -0.15) is 0 Å². The second-order valence-corrected chi connectivity index (χ2v) is 3.33.